The van der Waals surface area contributed by atoms with Gasteiger partial charge in [0.15, 0.2) is 5.78 Å². The molecule has 186 valence electrons. The lowest BCUT2D eigenvalue weighted by molar-refractivity contribution is -0.140. The summed E-state index contributed by atoms with van der Waals surface area (Å²) in [5, 5.41) is 15.5. The quantitative estimate of drug-likeness (QED) is 0.372. The van der Waals surface area contributed by atoms with Gasteiger partial charge < -0.3 is 14.7 Å². The molecular weight excluding hydrogens is 442 g/mol. The number of fused-ring (bicyclic) bond motifs is 4. The van der Waals surface area contributed by atoms with Crippen LogP contribution in [0.5, 0.6) is 0 Å². The van der Waals surface area contributed by atoms with Gasteiger partial charge in [-0.1, -0.05) is 41.9 Å². The normalized spacial score (nSPS) is 34.3. The van der Waals surface area contributed by atoms with Gasteiger partial charge >= 0.3 is 5.97 Å². The Labute approximate surface area is 207 Å². The summed E-state index contributed by atoms with van der Waals surface area (Å²) in [7, 11) is 1.68. The van der Waals surface area contributed by atoms with Gasteiger partial charge in [-0.2, -0.15) is 0 Å². The zero-order chi connectivity index (χ0) is 24.8. The van der Waals surface area contributed by atoms with Crippen LogP contribution in [0.4, 0.5) is 0 Å². The summed E-state index contributed by atoms with van der Waals surface area (Å²) in [6.07, 6.45) is 9.44. The third-order valence-corrected chi connectivity index (χ3v) is 9.16. The third kappa shape index (κ3) is 4.11. The lowest BCUT2D eigenvalue weighted by atomic mass is 9.51. The molecule has 1 aromatic rings. The van der Waals surface area contributed by atoms with E-state index in [2.05, 4.69) is 29.0 Å². The van der Waals surface area contributed by atoms with Gasteiger partial charge in [0.25, 0.3) is 0 Å². The monoisotopic (exact) mass is 477 g/mol. The number of rotatable bonds is 5. The first-order valence-corrected chi connectivity index (χ1v) is 12.7. The van der Waals surface area contributed by atoms with E-state index in [1.807, 2.05) is 18.2 Å². The molecule has 0 heterocycles. The van der Waals surface area contributed by atoms with Crippen LogP contribution in [0.2, 0.25) is 0 Å². The SMILES string of the molecule is COC[C@]1(O)CC[C@H]2[C@@H]3CCC4=CC(=O)CCC4=C3[C@@H](c3ccc(C=NOC(C)=O)cc3)C[C@@]21C. The van der Waals surface area contributed by atoms with E-state index in [-0.39, 0.29) is 17.1 Å². The number of benzene rings is 1. The van der Waals surface area contributed by atoms with Crippen LogP contribution in [0.25, 0.3) is 0 Å². The topological polar surface area (TPSA) is 85.2 Å². The molecule has 2 fully saturated rings. The molecule has 5 rings (SSSR count). The van der Waals surface area contributed by atoms with Crippen LogP contribution >= 0.6 is 0 Å². The second-order valence-corrected chi connectivity index (χ2v) is 11.0. The van der Waals surface area contributed by atoms with E-state index in [0.29, 0.717) is 24.9 Å². The van der Waals surface area contributed by atoms with E-state index in [9.17, 15) is 14.7 Å². The molecule has 0 spiro atoms. The number of hydrogen-bond acceptors (Lipinski definition) is 6. The highest BCUT2D eigenvalue weighted by Gasteiger charge is 2.62. The molecule has 6 heteroatoms. The Morgan fingerprint density at radius 3 is 2.69 bits per heavy atom. The van der Waals surface area contributed by atoms with Gasteiger partial charge in [-0.15, -0.1) is 0 Å². The van der Waals surface area contributed by atoms with Crippen molar-refractivity contribution in [3.63, 3.8) is 0 Å². The molecular formula is C29H35NO5. The van der Waals surface area contributed by atoms with Gasteiger partial charge in [0.05, 0.1) is 18.4 Å². The van der Waals surface area contributed by atoms with Crippen molar-refractivity contribution in [2.75, 3.05) is 13.7 Å². The molecule has 2 saturated carbocycles. The number of allylic oxidation sites excluding steroid dienone is 4. The third-order valence-electron chi connectivity index (χ3n) is 9.16. The molecule has 0 bridgehead atoms. The molecule has 4 aliphatic rings. The summed E-state index contributed by atoms with van der Waals surface area (Å²) < 4.78 is 5.53. The fourth-order valence-corrected chi connectivity index (χ4v) is 7.51. The first-order valence-electron chi connectivity index (χ1n) is 12.7. The zero-order valence-electron chi connectivity index (χ0n) is 20.9. The largest absolute Gasteiger partial charge is 0.387 e. The van der Waals surface area contributed by atoms with Crippen LogP contribution in [0, 0.1) is 17.3 Å². The number of ether oxygens (including phenoxy) is 1. The Balaban J connectivity index is 1.57. The summed E-state index contributed by atoms with van der Waals surface area (Å²) >= 11 is 0. The molecule has 0 radical (unpaired) electrons. The highest BCUT2D eigenvalue weighted by molar-refractivity contribution is 5.93. The number of hydrogen-bond donors (Lipinski definition) is 1. The van der Waals surface area contributed by atoms with Crippen LogP contribution in [-0.2, 0) is 19.2 Å². The molecule has 0 amide bonds. The smallest absolute Gasteiger partial charge is 0.331 e. The van der Waals surface area contributed by atoms with Crippen LogP contribution in [-0.4, -0.2) is 42.4 Å². The standard InChI is InChI=1S/C29H35NO5/c1-18(31)35-30-16-19-4-6-20(7-5-19)25-15-28(2)26(12-13-29(28,33)17-34-3)24-10-8-21-14-22(32)9-11-23(21)27(24)25/h4-7,14,16,24-26,33H,8-13,15,17H2,1-3H3/t24-,25+,26-,28-,29+/m0/s1. The Kier molecular flexibility index (Phi) is 6.30. The predicted octanol–water partition coefficient (Wildman–Crippen LogP) is 4.86. The molecule has 4 aliphatic carbocycles. The fourth-order valence-electron chi connectivity index (χ4n) is 7.51. The Hall–Kier alpha value is -2.57. The molecule has 35 heavy (non-hydrogen) atoms. The summed E-state index contributed by atoms with van der Waals surface area (Å²) in [6, 6.07) is 8.25. The molecule has 6 nitrogen and oxygen atoms in total. The Bertz CT molecular complexity index is 1120. The molecule has 0 aromatic heterocycles. The molecule has 0 saturated heterocycles. The minimum atomic E-state index is -0.837. The number of carbonyl (C=O) groups is 2. The molecule has 1 aromatic carbocycles. The highest BCUT2D eigenvalue weighted by atomic mass is 16.7. The maximum Gasteiger partial charge on any atom is 0.331 e. The van der Waals surface area contributed by atoms with Gasteiger partial charge in [0, 0.05) is 31.8 Å². The zero-order valence-corrected chi connectivity index (χ0v) is 20.9. The summed E-state index contributed by atoms with van der Waals surface area (Å²) in [4.78, 5) is 27.9. The van der Waals surface area contributed by atoms with E-state index >= 15 is 0 Å². The van der Waals surface area contributed by atoms with Crippen molar-refractivity contribution in [1.29, 1.82) is 0 Å². The second kappa shape index (κ2) is 9.14. The average Bonchev–Trinajstić information content (AvgIpc) is 3.09. The lowest BCUT2D eigenvalue weighted by Gasteiger charge is -2.54. The minimum absolute atomic E-state index is 0.175. The number of ketones is 1. The van der Waals surface area contributed by atoms with Crippen molar-refractivity contribution in [3.05, 3.63) is 58.2 Å². The maximum absolute atomic E-state index is 12.2. The predicted molar refractivity (Wildman–Crippen MR) is 133 cm³/mol. The number of oxime groups is 1. The van der Waals surface area contributed by atoms with E-state index in [0.717, 1.165) is 44.1 Å². The van der Waals surface area contributed by atoms with Crippen LogP contribution in [0.1, 0.15) is 75.8 Å². The average molecular weight is 478 g/mol. The van der Waals surface area contributed by atoms with Crippen molar-refractivity contribution in [1.82, 2.24) is 0 Å². The molecule has 0 aliphatic heterocycles. The minimum Gasteiger partial charge on any atom is -0.387 e. The lowest BCUT2D eigenvalue weighted by Crippen LogP contribution is -2.53. The number of nitrogens with zero attached hydrogens (tertiary/aromatic N) is 1. The fraction of sp³-hybridized carbons (Fsp3) is 0.552. The number of carbonyl (C=O) groups excluding carboxylic acids is 2. The molecule has 5 atom stereocenters. The second-order valence-electron chi connectivity index (χ2n) is 11.0. The van der Waals surface area contributed by atoms with Crippen molar-refractivity contribution in [2.45, 2.75) is 70.3 Å². The first kappa shape index (κ1) is 24.1. The van der Waals surface area contributed by atoms with Gasteiger partial charge in [0.2, 0.25) is 0 Å². The van der Waals surface area contributed by atoms with Crippen molar-refractivity contribution in [2.24, 2.45) is 22.4 Å². The molecule has 1 N–H and O–H groups in total. The van der Waals surface area contributed by atoms with Crippen LogP contribution in [0.15, 0.2) is 52.2 Å². The van der Waals surface area contributed by atoms with Gasteiger partial charge in [0.1, 0.15) is 0 Å². The summed E-state index contributed by atoms with van der Waals surface area (Å²) in [5.41, 5.74) is 5.12. The van der Waals surface area contributed by atoms with Crippen molar-refractivity contribution in [3.8, 4) is 0 Å². The van der Waals surface area contributed by atoms with Crippen molar-refractivity contribution >= 4 is 18.0 Å². The van der Waals surface area contributed by atoms with E-state index < -0.39 is 11.6 Å². The van der Waals surface area contributed by atoms with Gasteiger partial charge in [-0.25, -0.2) is 4.79 Å². The Morgan fingerprint density at radius 2 is 1.97 bits per heavy atom. The summed E-state index contributed by atoms with van der Waals surface area (Å²) in [6.45, 7) is 3.95. The Morgan fingerprint density at radius 1 is 1.20 bits per heavy atom. The number of methoxy groups -OCH3 is 1. The van der Waals surface area contributed by atoms with Crippen molar-refractivity contribution < 1.29 is 24.3 Å². The van der Waals surface area contributed by atoms with Gasteiger partial charge in [-0.05, 0) is 78.7 Å². The van der Waals surface area contributed by atoms with Crippen LogP contribution < -0.4 is 0 Å². The van der Waals surface area contributed by atoms with E-state index in [1.165, 1.54) is 35.4 Å². The van der Waals surface area contributed by atoms with Gasteiger partial charge in [-0.3, -0.25) is 4.79 Å². The van der Waals surface area contributed by atoms with Crippen LogP contribution in [0.3, 0.4) is 0 Å². The maximum atomic E-state index is 12.2. The highest BCUT2D eigenvalue weighted by Crippen LogP contribution is 2.66. The van der Waals surface area contributed by atoms with E-state index in [4.69, 9.17) is 4.74 Å². The van der Waals surface area contributed by atoms with E-state index in [1.54, 1.807) is 7.11 Å². The first-order chi connectivity index (χ1) is 16.8. The number of aliphatic hydroxyl groups is 1. The summed E-state index contributed by atoms with van der Waals surface area (Å²) in [5.74, 6) is 0.793. The molecule has 0 unspecified atom stereocenters.